The molecule has 2 aliphatic heterocycles. The summed E-state index contributed by atoms with van der Waals surface area (Å²) < 4.78 is 5.98. The molecule has 1 N–H and O–H groups in total. The van der Waals surface area contributed by atoms with E-state index in [0.29, 0.717) is 5.76 Å². The molecule has 0 spiro atoms. The fourth-order valence-corrected chi connectivity index (χ4v) is 4.65. The number of aromatic nitrogens is 2. The van der Waals surface area contributed by atoms with Gasteiger partial charge in [0.15, 0.2) is 5.76 Å². The lowest BCUT2D eigenvalue weighted by molar-refractivity contribution is 0.0565. The average molecular weight is 393 g/mol. The second-order valence-corrected chi connectivity index (χ2v) is 8.25. The molecule has 2 aromatic heterocycles. The van der Waals surface area contributed by atoms with Crippen LogP contribution < -0.4 is 0 Å². The van der Waals surface area contributed by atoms with Gasteiger partial charge in [0.25, 0.3) is 5.91 Å². The minimum atomic E-state index is -0.0284. The molecule has 0 aliphatic carbocycles. The fourth-order valence-electron chi connectivity index (χ4n) is 4.65. The lowest BCUT2D eigenvalue weighted by Gasteiger charge is -2.34. The van der Waals surface area contributed by atoms with E-state index in [-0.39, 0.29) is 11.9 Å². The van der Waals surface area contributed by atoms with Crippen LogP contribution in [-0.4, -0.2) is 45.3 Å². The number of imidazole rings is 1. The molecule has 1 aromatic carbocycles. The van der Waals surface area contributed by atoms with E-state index in [1.54, 1.807) is 0 Å². The van der Waals surface area contributed by atoms with Gasteiger partial charge in [-0.2, -0.15) is 0 Å². The first-order valence-electron chi connectivity index (χ1n) is 10.8. The molecular formula is C23H28N4O2. The molecule has 0 bridgehead atoms. The topological polar surface area (TPSA) is 65.4 Å². The molecule has 152 valence electrons. The summed E-state index contributed by atoms with van der Waals surface area (Å²) >= 11 is 0. The van der Waals surface area contributed by atoms with Crippen molar-refractivity contribution in [1.82, 2.24) is 19.8 Å². The fraction of sp³-hybridized carbons (Fsp3) is 0.478. The van der Waals surface area contributed by atoms with Gasteiger partial charge in [-0.15, -0.1) is 0 Å². The highest BCUT2D eigenvalue weighted by molar-refractivity contribution is 5.92. The third-order valence-corrected chi connectivity index (χ3v) is 6.19. The standard InChI is InChI=1S/C23H28N4O2/c28-23(21-12-11-17(29-21)16-26-13-5-1-6-14-26)27-15-7-4-10-20(27)22-24-18-8-2-3-9-19(18)25-22/h2-3,8-9,11-12,20H,1,4-7,10,13-16H2,(H,24,25). The van der Waals surface area contributed by atoms with Crippen molar-refractivity contribution in [1.29, 1.82) is 0 Å². The molecule has 1 unspecified atom stereocenters. The summed E-state index contributed by atoms with van der Waals surface area (Å²) in [6.45, 7) is 3.76. The van der Waals surface area contributed by atoms with Crippen LogP contribution in [0.3, 0.4) is 0 Å². The maximum Gasteiger partial charge on any atom is 0.290 e. The van der Waals surface area contributed by atoms with Gasteiger partial charge in [0.1, 0.15) is 11.6 Å². The zero-order chi connectivity index (χ0) is 19.6. The summed E-state index contributed by atoms with van der Waals surface area (Å²) in [5.41, 5.74) is 1.96. The summed E-state index contributed by atoms with van der Waals surface area (Å²) in [6, 6.07) is 11.8. The number of hydrogen-bond acceptors (Lipinski definition) is 4. The zero-order valence-electron chi connectivity index (χ0n) is 16.8. The maximum atomic E-state index is 13.3. The molecule has 0 saturated carbocycles. The van der Waals surface area contributed by atoms with Crippen molar-refractivity contribution in [2.24, 2.45) is 0 Å². The van der Waals surface area contributed by atoms with Crippen LogP contribution in [0, 0.1) is 0 Å². The highest BCUT2D eigenvalue weighted by atomic mass is 16.4. The third kappa shape index (κ3) is 3.81. The largest absolute Gasteiger partial charge is 0.455 e. The van der Waals surface area contributed by atoms with E-state index in [1.165, 1.54) is 19.3 Å². The number of fused-ring (bicyclic) bond motifs is 1. The van der Waals surface area contributed by atoms with Crippen LogP contribution in [0.2, 0.25) is 0 Å². The van der Waals surface area contributed by atoms with Crippen LogP contribution >= 0.6 is 0 Å². The van der Waals surface area contributed by atoms with Crippen LogP contribution in [0.4, 0.5) is 0 Å². The molecule has 1 amide bonds. The first-order chi connectivity index (χ1) is 14.3. The van der Waals surface area contributed by atoms with E-state index in [9.17, 15) is 4.79 Å². The second kappa shape index (κ2) is 8.03. The molecule has 1 atom stereocenters. The summed E-state index contributed by atoms with van der Waals surface area (Å²) in [7, 11) is 0. The molecule has 29 heavy (non-hydrogen) atoms. The van der Waals surface area contributed by atoms with Crippen molar-refractivity contribution < 1.29 is 9.21 Å². The van der Waals surface area contributed by atoms with Crippen molar-refractivity contribution in [3.63, 3.8) is 0 Å². The number of furan rings is 1. The van der Waals surface area contributed by atoms with Gasteiger partial charge in [0.05, 0.1) is 23.6 Å². The number of aromatic amines is 1. The van der Waals surface area contributed by atoms with Crippen molar-refractivity contribution in [3.05, 3.63) is 53.7 Å². The second-order valence-electron chi connectivity index (χ2n) is 8.25. The number of benzene rings is 1. The van der Waals surface area contributed by atoms with Gasteiger partial charge in [-0.05, 0) is 69.5 Å². The Hall–Kier alpha value is -2.60. The number of hydrogen-bond donors (Lipinski definition) is 1. The highest BCUT2D eigenvalue weighted by Gasteiger charge is 2.32. The summed E-state index contributed by atoms with van der Waals surface area (Å²) in [5, 5.41) is 0. The van der Waals surface area contributed by atoms with Crippen LogP contribution in [0.5, 0.6) is 0 Å². The van der Waals surface area contributed by atoms with Gasteiger partial charge in [-0.1, -0.05) is 18.6 Å². The SMILES string of the molecule is O=C(c1ccc(CN2CCCCC2)o1)N1CCCCC1c1nc2ccccc2[nH]1. The lowest BCUT2D eigenvalue weighted by atomic mass is 10.0. The van der Waals surface area contributed by atoms with Gasteiger partial charge < -0.3 is 14.3 Å². The smallest absolute Gasteiger partial charge is 0.290 e. The van der Waals surface area contributed by atoms with E-state index < -0.39 is 0 Å². The predicted octanol–water partition coefficient (Wildman–Crippen LogP) is 4.51. The summed E-state index contributed by atoms with van der Waals surface area (Å²) in [6.07, 6.45) is 6.86. The number of H-pyrrole nitrogens is 1. The van der Waals surface area contributed by atoms with E-state index in [2.05, 4.69) is 9.88 Å². The Morgan fingerprint density at radius 3 is 2.72 bits per heavy atom. The number of carbonyl (C=O) groups is 1. The molecule has 4 heterocycles. The molecule has 0 radical (unpaired) electrons. The zero-order valence-corrected chi connectivity index (χ0v) is 16.8. The van der Waals surface area contributed by atoms with Gasteiger partial charge in [0.2, 0.25) is 0 Å². The number of nitrogens with zero attached hydrogens (tertiary/aromatic N) is 3. The van der Waals surface area contributed by atoms with E-state index in [0.717, 1.165) is 68.1 Å². The summed E-state index contributed by atoms with van der Waals surface area (Å²) in [4.78, 5) is 25.8. The van der Waals surface area contributed by atoms with Crippen molar-refractivity contribution in [3.8, 4) is 0 Å². The minimum Gasteiger partial charge on any atom is -0.455 e. The number of likely N-dealkylation sites (tertiary alicyclic amines) is 2. The molecule has 5 rings (SSSR count). The Bertz CT molecular complexity index is 953. The van der Waals surface area contributed by atoms with Gasteiger partial charge in [0, 0.05) is 6.54 Å². The number of carbonyl (C=O) groups excluding carboxylic acids is 1. The predicted molar refractivity (Wildman–Crippen MR) is 112 cm³/mol. The first-order valence-corrected chi connectivity index (χ1v) is 10.8. The minimum absolute atomic E-state index is 0.0277. The van der Waals surface area contributed by atoms with Crippen LogP contribution in [-0.2, 0) is 6.54 Å². The van der Waals surface area contributed by atoms with Gasteiger partial charge in [-0.3, -0.25) is 9.69 Å². The van der Waals surface area contributed by atoms with Crippen molar-refractivity contribution in [2.45, 2.75) is 51.1 Å². The molecule has 3 aromatic rings. The van der Waals surface area contributed by atoms with E-state index >= 15 is 0 Å². The number of amides is 1. The molecular weight excluding hydrogens is 364 g/mol. The maximum absolute atomic E-state index is 13.3. The number of piperidine rings is 2. The summed E-state index contributed by atoms with van der Waals surface area (Å²) in [5.74, 6) is 2.17. The number of nitrogens with one attached hydrogen (secondary N) is 1. The normalized spacial score (nSPS) is 21.0. The molecule has 2 fully saturated rings. The van der Waals surface area contributed by atoms with Crippen molar-refractivity contribution in [2.75, 3.05) is 19.6 Å². The quantitative estimate of drug-likeness (QED) is 0.709. The molecule has 6 nitrogen and oxygen atoms in total. The Labute approximate surface area is 170 Å². The van der Waals surface area contributed by atoms with Gasteiger partial charge in [-0.25, -0.2) is 4.98 Å². The van der Waals surface area contributed by atoms with Crippen LogP contribution in [0.1, 0.15) is 66.7 Å². The Morgan fingerprint density at radius 2 is 1.86 bits per heavy atom. The lowest BCUT2D eigenvalue weighted by Crippen LogP contribution is -2.38. The van der Waals surface area contributed by atoms with Gasteiger partial charge >= 0.3 is 0 Å². The third-order valence-electron chi connectivity index (χ3n) is 6.19. The average Bonchev–Trinajstić information content (AvgIpc) is 3.41. The highest BCUT2D eigenvalue weighted by Crippen LogP contribution is 2.32. The van der Waals surface area contributed by atoms with E-state index in [1.807, 2.05) is 41.3 Å². The molecule has 6 heteroatoms. The molecule has 2 saturated heterocycles. The number of para-hydroxylation sites is 2. The Morgan fingerprint density at radius 1 is 1.03 bits per heavy atom. The monoisotopic (exact) mass is 392 g/mol. The Kier molecular flexibility index (Phi) is 5.10. The van der Waals surface area contributed by atoms with Crippen LogP contribution in [0.15, 0.2) is 40.8 Å². The first kappa shape index (κ1) is 18.4. The number of rotatable bonds is 4. The molecule has 2 aliphatic rings. The Balaban J connectivity index is 1.34. The van der Waals surface area contributed by atoms with Crippen molar-refractivity contribution >= 4 is 16.9 Å². The van der Waals surface area contributed by atoms with Crippen LogP contribution in [0.25, 0.3) is 11.0 Å². The van der Waals surface area contributed by atoms with E-state index in [4.69, 9.17) is 9.40 Å².